The van der Waals surface area contributed by atoms with E-state index in [2.05, 4.69) is 51.5 Å². The Balaban J connectivity index is 1.72. The Morgan fingerprint density at radius 1 is 1.26 bits per heavy atom. The lowest BCUT2D eigenvalue weighted by molar-refractivity contribution is 0.665. The summed E-state index contributed by atoms with van der Waals surface area (Å²) in [4.78, 5) is 4.31. The summed E-state index contributed by atoms with van der Waals surface area (Å²) in [5.41, 5.74) is 3.92. The van der Waals surface area contributed by atoms with Crippen LogP contribution in [0.15, 0.2) is 43.0 Å². The van der Waals surface area contributed by atoms with Crippen molar-refractivity contribution in [1.82, 2.24) is 14.1 Å². The highest BCUT2D eigenvalue weighted by molar-refractivity contribution is 5.80. The van der Waals surface area contributed by atoms with Gasteiger partial charge in [-0.3, -0.25) is 0 Å². The highest BCUT2D eigenvalue weighted by Crippen LogP contribution is 2.35. The summed E-state index contributed by atoms with van der Waals surface area (Å²) < 4.78 is 4.64. The molecule has 19 heavy (non-hydrogen) atoms. The van der Waals surface area contributed by atoms with Crippen molar-refractivity contribution in [2.75, 3.05) is 0 Å². The number of hydrogen-bond donors (Lipinski definition) is 0. The van der Waals surface area contributed by atoms with Gasteiger partial charge in [0.05, 0.1) is 18.6 Å². The van der Waals surface area contributed by atoms with Gasteiger partial charge in [-0.2, -0.15) is 0 Å². The molecule has 1 saturated carbocycles. The van der Waals surface area contributed by atoms with Gasteiger partial charge in [0.2, 0.25) is 0 Å². The molecule has 0 amide bonds. The van der Waals surface area contributed by atoms with Crippen molar-refractivity contribution in [3.63, 3.8) is 0 Å². The van der Waals surface area contributed by atoms with Crippen molar-refractivity contribution < 1.29 is 0 Å². The normalized spacial score (nSPS) is 15.2. The van der Waals surface area contributed by atoms with Gasteiger partial charge in [-0.25, -0.2) is 4.98 Å². The first-order valence-electron chi connectivity index (χ1n) is 6.87. The Bertz CT molecular complexity index is 731. The zero-order valence-electron chi connectivity index (χ0n) is 11.1. The molecule has 0 radical (unpaired) electrons. The minimum Gasteiger partial charge on any atom is -0.341 e. The Hall–Kier alpha value is -2.03. The summed E-state index contributed by atoms with van der Waals surface area (Å²) in [5, 5.41) is 1.32. The summed E-state index contributed by atoms with van der Waals surface area (Å²) in [6, 6.07) is 9.52. The molecule has 1 aliphatic carbocycles. The summed E-state index contributed by atoms with van der Waals surface area (Å²) in [5.74, 6) is 0. The molecule has 0 saturated heterocycles. The van der Waals surface area contributed by atoms with Gasteiger partial charge >= 0.3 is 0 Å². The zero-order valence-corrected chi connectivity index (χ0v) is 11.1. The molecule has 3 aromatic rings. The van der Waals surface area contributed by atoms with Crippen LogP contribution < -0.4 is 0 Å². The average Bonchev–Trinajstić information content (AvgIpc) is 3.02. The van der Waals surface area contributed by atoms with Crippen molar-refractivity contribution in [1.29, 1.82) is 0 Å². The number of imidazole rings is 1. The lowest BCUT2D eigenvalue weighted by Crippen LogP contribution is -2.04. The van der Waals surface area contributed by atoms with E-state index in [0.717, 1.165) is 6.54 Å². The molecule has 2 heterocycles. The van der Waals surface area contributed by atoms with Crippen LogP contribution in [0.3, 0.4) is 0 Å². The Morgan fingerprint density at radius 2 is 2.16 bits per heavy atom. The van der Waals surface area contributed by atoms with Crippen LogP contribution in [0.25, 0.3) is 10.9 Å². The Morgan fingerprint density at radius 3 is 3.00 bits per heavy atom. The monoisotopic (exact) mass is 251 g/mol. The SMILES string of the molecule is Cc1ccc2c(ccn2Cc2cncn2C2CC2)c1. The predicted octanol–water partition coefficient (Wildman–Crippen LogP) is 3.53. The third kappa shape index (κ3) is 1.86. The second kappa shape index (κ2) is 3.98. The van der Waals surface area contributed by atoms with E-state index in [1.165, 1.54) is 35.0 Å². The second-order valence-electron chi connectivity index (χ2n) is 5.53. The minimum atomic E-state index is 0.696. The Kier molecular flexibility index (Phi) is 2.28. The molecule has 0 unspecified atom stereocenters. The summed E-state index contributed by atoms with van der Waals surface area (Å²) in [6.45, 7) is 3.04. The molecule has 96 valence electrons. The number of fused-ring (bicyclic) bond motifs is 1. The van der Waals surface area contributed by atoms with Crippen LogP contribution in [0.2, 0.25) is 0 Å². The molecule has 4 rings (SSSR count). The van der Waals surface area contributed by atoms with E-state index in [4.69, 9.17) is 0 Å². The quantitative estimate of drug-likeness (QED) is 0.698. The number of rotatable bonds is 3. The molecule has 0 bridgehead atoms. The number of hydrogen-bond acceptors (Lipinski definition) is 1. The van der Waals surface area contributed by atoms with Gasteiger partial charge in [0.1, 0.15) is 0 Å². The fourth-order valence-electron chi connectivity index (χ4n) is 2.77. The zero-order chi connectivity index (χ0) is 12.8. The van der Waals surface area contributed by atoms with E-state index in [0.29, 0.717) is 6.04 Å². The van der Waals surface area contributed by atoms with E-state index in [9.17, 15) is 0 Å². The molecule has 2 aromatic heterocycles. The van der Waals surface area contributed by atoms with E-state index in [1.807, 2.05) is 12.5 Å². The van der Waals surface area contributed by atoms with Crippen molar-refractivity contribution in [3.8, 4) is 0 Å². The molecule has 3 heteroatoms. The van der Waals surface area contributed by atoms with Crippen LogP contribution in [0, 0.1) is 6.92 Å². The van der Waals surface area contributed by atoms with E-state index in [1.54, 1.807) is 0 Å². The van der Waals surface area contributed by atoms with Crippen molar-refractivity contribution in [2.24, 2.45) is 0 Å². The summed E-state index contributed by atoms with van der Waals surface area (Å²) in [7, 11) is 0. The largest absolute Gasteiger partial charge is 0.341 e. The van der Waals surface area contributed by atoms with Gasteiger partial charge in [-0.15, -0.1) is 0 Å². The molecule has 0 N–H and O–H groups in total. The topological polar surface area (TPSA) is 22.8 Å². The minimum absolute atomic E-state index is 0.696. The molecular formula is C16H17N3. The van der Waals surface area contributed by atoms with Gasteiger partial charge in [-0.05, 0) is 43.4 Å². The van der Waals surface area contributed by atoms with E-state index >= 15 is 0 Å². The maximum Gasteiger partial charge on any atom is 0.0951 e. The van der Waals surface area contributed by atoms with E-state index < -0.39 is 0 Å². The number of aromatic nitrogens is 3. The van der Waals surface area contributed by atoms with Gasteiger partial charge in [0.15, 0.2) is 0 Å². The first-order valence-corrected chi connectivity index (χ1v) is 6.87. The smallest absolute Gasteiger partial charge is 0.0951 e. The van der Waals surface area contributed by atoms with Crippen molar-refractivity contribution >= 4 is 10.9 Å². The molecule has 0 aliphatic heterocycles. The average molecular weight is 251 g/mol. The summed E-state index contributed by atoms with van der Waals surface area (Å²) >= 11 is 0. The van der Waals surface area contributed by atoms with Crippen LogP contribution in [-0.4, -0.2) is 14.1 Å². The number of nitrogens with zero attached hydrogens (tertiary/aromatic N) is 3. The maximum absolute atomic E-state index is 4.31. The fraction of sp³-hybridized carbons (Fsp3) is 0.312. The van der Waals surface area contributed by atoms with Gasteiger partial charge in [-0.1, -0.05) is 11.6 Å². The lowest BCUT2D eigenvalue weighted by atomic mass is 10.2. The Labute approximate surface area is 112 Å². The predicted molar refractivity (Wildman–Crippen MR) is 76.3 cm³/mol. The van der Waals surface area contributed by atoms with Gasteiger partial charge in [0, 0.05) is 24.0 Å². The first kappa shape index (κ1) is 10.9. The molecule has 1 aliphatic rings. The first-order chi connectivity index (χ1) is 9.31. The number of benzene rings is 1. The highest BCUT2D eigenvalue weighted by atomic mass is 15.1. The number of aryl methyl sites for hydroxylation is 1. The molecule has 1 aromatic carbocycles. The maximum atomic E-state index is 4.31. The van der Waals surface area contributed by atoms with Crippen LogP contribution >= 0.6 is 0 Å². The van der Waals surface area contributed by atoms with Crippen LogP contribution in [0.1, 0.15) is 30.1 Å². The highest BCUT2D eigenvalue weighted by Gasteiger charge is 2.25. The van der Waals surface area contributed by atoms with Crippen LogP contribution in [0.5, 0.6) is 0 Å². The van der Waals surface area contributed by atoms with Crippen molar-refractivity contribution in [2.45, 2.75) is 32.4 Å². The van der Waals surface area contributed by atoms with Gasteiger partial charge < -0.3 is 9.13 Å². The summed E-state index contributed by atoms with van der Waals surface area (Å²) in [6.07, 6.45) is 8.75. The van der Waals surface area contributed by atoms with Crippen molar-refractivity contribution in [3.05, 3.63) is 54.2 Å². The van der Waals surface area contributed by atoms with Crippen LogP contribution in [-0.2, 0) is 6.54 Å². The molecule has 3 nitrogen and oxygen atoms in total. The molecule has 0 atom stereocenters. The second-order valence-corrected chi connectivity index (χ2v) is 5.53. The fourth-order valence-corrected chi connectivity index (χ4v) is 2.77. The molecular weight excluding hydrogens is 234 g/mol. The van der Waals surface area contributed by atoms with E-state index in [-0.39, 0.29) is 0 Å². The molecule has 0 spiro atoms. The third-order valence-electron chi connectivity index (χ3n) is 3.95. The standard InChI is InChI=1S/C16H17N3/c1-12-2-5-16-13(8-12)6-7-18(16)10-15-9-17-11-19(15)14-3-4-14/h2,5-9,11,14H,3-4,10H2,1H3. The third-order valence-corrected chi connectivity index (χ3v) is 3.95. The van der Waals surface area contributed by atoms with Gasteiger partial charge in [0.25, 0.3) is 0 Å². The lowest BCUT2D eigenvalue weighted by Gasteiger charge is -2.09. The van der Waals surface area contributed by atoms with Crippen LogP contribution in [0.4, 0.5) is 0 Å². The molecule has 1 fully saturated rings.